The predicted octanol–water partition coefficient (Wildman–Crippen LogP) is 2.43. The molecule has 0 bridgehead atoms. The second-order valence-electron chi connectivity index (χ2n) is 4.54. The summed E-state index contributed by atoms with van der Waals surface area (Å²) in [6.45, 7) is 3.12. The maximum atomic E-state index is 12.5. The first kappa shape index (κ1) is 18.6. The van der Waals surface area contributed by atoms with Crippen LogP contribution in [0.2, 0.25) is 0 Å². The third-order valence-electron chi connectivity index (χ3n) is 3.09. The van der Waals surface area contributed by atoms with Crippen molar-refractivity contribution in [2.75, 3.05) is 26.4 Å². The van der Waals surface area contributed by atoms with Gasteiger partial charge in [0.25, 0.3) is 0 Å². The molecule has 0 aromatic heterocycles. The Hall–Kier alpha value is -0.400. The zero-order valence-corrected chi connectivity index (χ0v) is 11.4. The van der Waals surface area contributed by atoms with Crippen molar-refractivity contribution in [2.45, 2.75) is 51.0 Å². The molecule has 0 aliphatic carbocycles. The lowest BCUT2D eigenvalue weighted by atomic mass is 9.91. The van der Waals surface area contributed by atoms with Gasteiger partial charge in [0, 0.05) is 12.1 Å². The molecule has 7 heteroatoms. The molecule has 0 amide bonds. The Balaban J connectivity index is 3.96. The van der Waals surface area contributed by atoms with Gasteiger partial charge in [0.05, 0.1) is 6.61 Å². The molecule has 0 aliphatic rings. The molecule has 0 aromatic carbocycles. The molecule has 0 heterocycles. The Bertz CT molecular complexity index is 236. The van der Waals surface area contributed by atoms with Gasteiger partial charge in [0.1, 0.15) is 6.61 Å². The van der Waals surface area contributed by atoms with Crippen LogP contribution < -0.4 is 5.32 Å². The third-order valence-corrected chi connectivity index (χ3v) is 3.09. The summed E-state index contributed by atoms with van der Waals surface area (Å²) in [6.07, 6.45) is -2.07. The number of hydrogen-bond acceptors (Lipinski definition) is 3. The van der Waals surface area contributed by atoms with E-state index < -0.39 is 24.5 Å². The summed E-state index contributed by atoms with van der Waals surface area (Å²) < 4.78 is 53.3. The Morgan fingerprint density at radius 3 is 2.32 bits per heavy atom. The van der Waals surface area contributed by atoms with Crippen LogP contribution in [0.25, 0.3) is 0 Å². The second-order valence-corrected chi connectivity index (χ2v) is 4.54. The van der Waals surface area contributed by atoms with Crippen molar-refractivity contribution >= 4 is 0 Å². The second kappa shape index (κ2) is 8.71. The molecule has 1 unspecified atom stereocenters. The number of alkyl halides is 4. The first-order valence-corrected chi connectivity index (χ1v) is 6.43. The Morgan fingerprint density at radius 2 is 1.89 bits per heavy atom. The Kier molecular flexibility index (Phi) is 8.52. The molecule has 2 N–H and O–H groups in total. The summed E-state index contributed by atoms with van der Waals surface area (Å²) in [4.78, 5) is 0. The molecular weight excluding hydrogens is 266 g/mol. The number of ether oxygens (including phenoxy) is 1. The van der Waals surface area contributed by atoms with Crippen LogP contribution in [0.15, 0.2) is 0 Å². The van der Waals surface area contributed by atoms with E-state index in [1.165, 1.54) is 0 Å². The van der Waals surface area contributed by atoms with Crippen molar-refractivity contribution in [3.05, 3.63) is 0 Å². The highest BCUT2D eigenvalue weighted by atomic mass is 19.3. The molecule has 0 saturated heterocycles. The number of aliphatic hydroxyl groups excluding tert-OH is 1. The predicted molar refractivity (Wildman–Crippen MR) is 64.8 cm³/mol. The van der Waals surface area contributed by atoms with Crippen LogP contribution >= 0.6 is 0 Å². The zero-order chi connectivity index (χ0) is 14.9. The maximum Gasteiger partial charge on any atom is 0.330 e. The summed E-state index contributed by atoms with van der Waals surface area (Å²) in [5.41, 5.74) is -0.455. The summed E-state index contributed by atoms with van der Waals surface area (Å²) >= 11 is 0. The number of halogens is 4. The number of nitrogens with one attached hydrogen (secondary N) is 1. The number of rotatable bonds is 11. The van der Waals surface area contributed by atoms with Crippen LogP contribution in [-0.4, -0.2) is 49.4 Å². The van der Waals surface area contributed by atoms with E-state index in [4.69, 9.17) is 0 Å². The monoisotopic (exact) mass is 289 g/mol. The Labute approximate surface area is 111 Å². The van der Waals surface area contributed by atoms with Gasteiger partial charge in [-0.3, -0.25) is 0 Å². The van der Waals surface area contributed by atoms with E-state index in [-0.39, 0.29) is 13.2 Å². The highest BCUT2D eigenvalue weighted by Crippen LogP contribution is 2.23. The van der Waals surface area contributed by atoms with E-state index in [0.717, 1.165) is 0 Å². The molecule has 0 saturated carbocycles. The summed E-state index contributed by atoms with van der Waals surface area (Å²) in [6, 6.07) is 0. The quantitative estimate of drug-likeness (QED) is 0.453. The van der Waals surface area contributed by atoms with Crippen LogP contribution in [0.1, 0.15) is 33.1 Å². The van der Waals surface area contributed by atoms with Crippen LogP contribution in [0, 0.1) is 0 Å². The molecule has 3 nitrogen and oxygen atoms in total. The lowest BCUT2D eigenvalue weighted by molar-refractivity contribution is -0.166. The molecular formula is C12H23F4NO2. The molecule has 0 rings (SSSR count). The lowest BCUT2D eigenvalue weighted by Gasteiger charge is -2.31. The van der Waals surface area contributed by atoms with Crippen molar-refractivity contribution < 1.29 is 27.4 Å². The fourth-order valence-corrected chi connectivity index (χ4v) is 1.80. The first-order valence-electron chi connectivity index (χ1n) is 6.43. The van der Waals surface area contributed by atoms with Gasteiger partial charge in [-0.15, -0.1) is 0 Å². The van der Waals surface area contributed by atoms with Gasteiger partial charge in [-0.1, -0.05) is 13.8 Å². The molecule has 1 atom stereocenters. The maximum absolute atomic E-state index is 12.5. The topological polar surface area (TPSA) is 41.5 Å². The average molecular weight is 289 g/mol. The fraction of sp³-hybridized carbons (Fsp3) is 1.00. The molecule has 0 fully saturated rings. The van der Waals surface area contributed by atoms with Crippen molar-refractivity contribution in [3.63, 3.8) is 0 Å². The van der Waals surface area contributed by atoms with E-state index in [1.54, 1.807) is 0 Å². The van der Waals surface area contributed by atoms with Crippen molar-refractivity contribution in [3.8, 4) is 0 Å². The van der Waals surface area contributed by atoms with Gasteiger partial charge in [0.2, 0.25) is 0 Å². The first-order chi connectivity index (χ1) is 8.83. The molecule has 0 spiro atoms. The lowest BCUT2D eigenvalue weighted by Crippen LogP contribution is -2.48. The van der Waals surface area contributed by atoms with E-state index >= 15 is 0 Å². The normalized spacial score (nSPS) is 15.8. The highest BCUT2D eigenvalue weighted by Gasteiger charge is 2.40. The van der Waals surface area contributed by atoms with Crippen LogP contribution in [0.5, 0.6) is 0 Å². The van der Waals surface area contributed by atoms with E-state index in [2.05, 4.69) is 10.1 Å². The zero-order valence-electron chi connectivity index (χ0n) is 11.4. The van der Waals surface area contributed by atoms with Crippen LogP contribution in [0.3, 0.4) is 0 Å². The number of likely N-dealkylation sites (N-methyl/N-ethyl adjacent to an activating group) is 1. The smallest absolute Gasteiger partial charge is 0.330 e. The highest BCUT2D eigenvalue weighted by molar-refractivity contribution is 4.85. The van der Waals surface area contributed by atoms with Crippen molar-refractivity contribution in [1.82, 2.24) is 5.32 Å². The number of hydrogen-bond donors (Lipinski definition) is 2. The summed E-state index contributed by atoms with van der Waals surface area (Å²) in [5, 5.41) is 12.5. The standard InChI is InChI=1S/C12H23F4NO2/c1-3-11(8-18,17-4-2)6-5-7-19-9-12(15,16)10(13)14/h10,17-18H,3-9H2,1-2H3. The fourth-order valence-electron chi connectivity index (χ4n) is 1.80. The molecule has 0 aliphatic heterocycles. The van der Waals surface area contributed by atoms with E-state index in [9.17, 15) is 22.7 Å². The molecule has 116 valence electrons. The van der Waals surface area contributed by atoms with Crippen LogP contribution in [-0.2, 0) is 4.74 Å². The van der Waals surface area contributed by atoms with Gasteiger partial charge in [-0.05, 0) is 25.8 Å². The minimum Gasteiger partial charge on any atom is -0.394 e. The Morgan fingerprint density at radius 1 is 1.26 bits per heavy atom. The van der Waals surface area contributed by atoms with Crippen molar-refractivity contribution in [1.29, 1.82) is 0 Å². The summed E-state index contributed by atoms with van der Waals surface area (Å²) in [5.74, 6) is -4.10. The van der Waals surface area contributed by atoms with E-state index in [1.807, 2.05) is 13.8 Å². The number of aliphatic hydroxyl groups is 1. The van der Waals surface area contributed by atoms with E-state index in [0.29, 0.717) is 25.8 Å². The molecule has 0 aromatic rings. The minimum absolute atomic E-state index is 0.0323. The minimum atomic E-state index is -4.10. The molecule has 19 heavy (non-hydrogen) atoms. The van der Waals surface area contributed by atoms with Crippen molar-refractivity contribution in [2.24, 2.45) is 0 Å². The van der Waals surface area contributed by atoms with Gasteiger partial charge in [-0.2, -0.15) is 8.78 Å². The SMILES string of the molecule is CCNC(CC)(CO)CCCOCC(F)(F)C(F)F. The largest absolute Gasteiger partial charge is 0.394 e. The summed E-state index contributed by atoms with van der Waals surface area (Å²) in [7, 11) is 0. The third kappa shape index (κ3) is 6.54. The van der Waals surface area contributed by atoms with Crippen LogP contribution in [0.4, 0.5) is 17.6 Å². The van der Waals surface area contributed by atoms with Gasteiger partial charge >= 0.3 is 12.3 Å². The molecule has 0 radical (unpaired) electrons. The van der Waals surface area contributed by atoms with Gasteiger partial charge in [-0.25, -0.2) is 8.78 Å². The van der Waals surface area contributed by atoms with Gasteiger partial charge in [0.15, 0.2) is 0 Å². The van der Waals surface area contributed by atoms with Gasteiger partial charge < -0.3 is 15.2 Å². The average Bonchev–Trinajstić information content (AvgIpc) is 2.36.